The second-order valence-corrected chi connectivity index (χ2v) is 2.89. The van der Waals surface area contributed by atoms with Crippen molar-refractivity contribution in [3.05, 3.63) is 0 Å². The van der Waals surface area contributed by atoms with Crippen molar-refractivity contribution >= 4 is 17.8 Å². The quantitative estimate of drug-likeness (QED) is 0.502. The number of likely N-dealkylation sites (tertiary alicyclic amines) is 1. The molecule has 3 N–H and O–H groups in total. The number of piperidine rings is 1. The molecule has 4 amide bonds. The number of hydrogen-bond acceptors (Lipinski definition) is 3. The Balaban J connectivity index is 2.64. The van der Waals surface area contributed by atoms with Crippen LogP contribution in [0.4, 0.5) is 4.79 Å². The number of carbonyl (C=O) groups is 3. The molecule has 72 valence electrons. The lowest BCUT2D eigenvalue weighted by Crippen LogP contribution is -2.54. The predicted octanol–water partition coefficient (Wildman–Crippen LogP) is -1.20. The summed E-state index contributed by atoms with van der Waals surface area (Å²) in [5.74, 6) is -0.637. The molecular weight excluding hydrogens is 174 g/mol. The molecule has 0 aromatic rings. The summed E-state index contributed by atoms with van der Waals surface area (Å²) in [5, 5.41) is 2.28. The topological polar surface area (TPSA) is 92.5 Å². The molecule has 1 fully saturated rings. The lowest BCUT2D eigenvalue weighted by Gasteiger charge is -2.27. The van der Waals surface area contributed by atoms with Crippen molar-refractivity contribution in [2.45, 2.75) is 18.9 Å². The van der Waals surface area contributed by atoms with Crippen molar-refractivity contribution in [2.24, 2.45) is 5.73 Å². The normalized spacial score (nSPS) is 23.2. The number of rotatable bonds is 1. The number of likely N-dealkylation sites (N-methyl/N-ethyl adjacent to an activating group) is 1. The second kappa shape index (κ2) is 3.42. The molecule has 13 heavy (non-hydrogen) atoms. The first-order valence-corrected chi connectivity index (χ1v) is 3.88. The van der Waals surface area contributed by atoms with Gasteiger partial charge in [0.15, 0.2) is 0 Å². The number of nitrogens with two attached hydrogens (primary N) is 1. The van der Waals surface area contributed by atoms with Crippen LogP contribution in [0.15, 0.2) is 0 Å². The molecule has 0 radical (unpaired) electrons. The lowest BCUT2D eigenvalue weighted by molar-refractivity contribution is -0.147. The third kappa shape index (κ3) is 1.95. The molecule has 0 aromatic carbocycles. The fourth-order valence-electron chi connectivity index (χ4n) is 1.22. The van der Waals surface area contributed by atoms with Gasteiger partial charge in [0.2, 0.25) is 5.91 Å². The zero-order chi connectivity index (χ0) is 10.0. The molecule has 0 saturated carbocycles. The van der Waals surface area contributed by atoms with Crippen LogP contribution in [0.1, 0.15) is 12.8 Å². The molecule has 1 aliphatic rings. The van der Waals surface area contributed by atoms with Gasteiger partial charge in [-0.1, -0.05) is 0 Å². The largest absolute Gasteiger partial charge is 0.352 e. The zero-order valence-corrected chi connectivity index (χ0v) is 7.24. The van der Waals surface area contributed by atoms with Crippen LogP contribution in [0.3, 0.4) is 0 Å². The summed E-state index contributed by atoms with van der Waals surface area (Å²) in [6.07, 6.45) is 0.581. The van der Waals surface area contributed by atoms with Gasteiger partial charge in [0.05, 0.1) is 0 Å². The van der Waals surface area contributed by atoms with Gasteiger partial charge in [-0.3, -0.25) is 14.5 Å². The number of carbonyl (C=O) groups excluding carboxylic acids is 3. The third-order valence-electron chi connectivity index (χ3n) is 1.97. The Morgan fingerprint density at radius 2 is 2.23 bits per heavy atom. The molecule has 0 spiro atoms. The summed E-state index contributed by atoms with van der Waals surface area (Å²) in [7, 11) is 1.39. The highest BCUT2D eigenvalue weighted by molar-refractivity contribution is 6.01. The molecule has 1 rings (SSSR count). The number of nitrogens with one attached hydrogen (secondary N) is 1. The van der Waals surface area contributed by atoms with E-state index in [1.165, 1.54) is 7.05 Å². The van der Waals surface area contributed by atoms with Crippen LogP contribution >= 0.6 is 0 Å². The van der Waals surface area contributed by atoms with Crippen LogP contribution in [0.25, 0.3) is 0 Å². The minimum Gasteiger partial charge on any atom is -0.352 e. The van der Waals surface area contributed by atoms with E-state index in [-0.39, 0.29) is 12.3 Å². The Labute approximate surface area is 75.1 Å². The Kier molecular flexibility index (Phi) is 2.50. The number of hydrogen-bond donors (Lipinski definition) is 2. The Hall–Kier alpha value is -1.59. The van der Waals surface area contributed by atoms with Crippen molar-refractivity contribution in [2.75, 3.05) is 7.05 Å². The van der Waals surface area contributed by atoms with E-state index in [0.29, 0.717) is 6.42 Å². The summed E-state index contributed by atoms with van der Waals surface area (Å²) in [6, 6.07) is -1.40. The van der Waals surface area contributed by atoms with Crippen molar-refractivity contribution in [3.8, 4) is 0 Å². The van der Waals surface area contributed by atoms with E-state index in [1.54, 1.807) is 0 Å². The van der Waals surface area contributed by atoms with Crippen molar-refractivity contribution in [1.82, 2.24) is 10.2 Å². The molecule has 1 heterocycles. The molecule has 0 bridgehead atoms. The van der Waals surface area contributed by atoms with Crippen LogP contribution in [0.5, 0.6) is 0 Å². The SMILES string of the molecule is CN1C(=O)CCC(NC(N)=O)C1=O. The van der Waals surface area contributed by atoms with Gasteiger partial charge in [0.25, 0.3) is 5.91 Å². The Morgan fingerprint density at radius 3 is 2.77 bits per heavy atom. The molecule has 6 heteroatoms. The minimum atomic E-state index is -0.749. The molecule has 1 unspecified atom stereocenters. The van der Waals surface area contributed by atoms with E-state index in [9.17, 15) is 14.4 Å². The first-order chi connectivity index (χ1) is 6.02. The van der Waals surface area contributed by atoms with Crippen LogP contribution in [-0.2, 0) is 9.59 Å². The van der Waals surface area contributed by atoms with Gasteiger partial charge >= 0.3 is 6.03 Å². The maximum absolute atomic E-state index is 11.3. The standard InChI is InChI=1S/C7H11N3O3/c1-10-5(11)3-2-4(6(10)12)9-7(8)13/h4H,2-3H2,1H3,(H3,8,9,13). The number of imide groups is 1. The average molecular weight is 185 g/mol. The van der Waals surface area contributed by atoms with Gasteiger partial charge < -0.3 is 11.1 Å². The fourth-order valence-corrected chi connectivity index (χ4v) is 1.22. The smallest absolute Gasteiger partial charge is 0.312 e. The molecule has 1 saturated heterocycles. The van der Waals surface area contributed by atoms with E-state index in [1.807, 2.05) is 0 Å². The summed E-state index contributed by atoms with van der Waals surface area (Å²) in [6.45, 7) is 0. The second-order valence-electron chi connectivity index (χ2n) is 2.89. The van der Waals surface area contributed by atoms with Gasteiger partial charge in [-0.15, -0.1) is 0 Å². The first kappa shape index (κ1) is 9.50. The monoisotopic (exact) mass is 185 g/mol. The summed E-state index contributed by atoms with van der Waals surface area (Å²) < 4.78 is 0. The number of amides is 4. The van der Waals surface area contributed by atoms with Gasteiger partial charge in [0, 0.05) is 13.5 Å². The molecule has 1 aliphatic heterocycles. The van der Waals surface area contributed by atoms with E-state index in [4.69, 9.17) is 5.73 Å². The minimum absolute atomic E-state index is 0.229. The predicted molar refractivity (Wildman–Crippen MR) is 43.5 cm³/mol. The van der Waals surface area contributed by atoms with Crippen molar-refractivity contribution < 1.29 is 14.4 Å². The van der Waals surface area contributed by atoms with Crippen LogP contribution in [-0.4, -0.2) is 35.8 Å². The van der Waals surface area contributed by atoms with Crippen LogP contribution in [0, 0.1) is 0 Å². The summed E-state index contributed by atoms with van der Waals surface area (Å²) in [5.41, 5.74) is 4.86. The van der Waals surface area contributed by atoms with Gasteiger partial charge in [-0.25, -0.2) is 4.79 Å². The lowest BCUT2D eigenvalue weighted by atomic mass is 10.1. The van der Waals surface area contributed by atoms with E-state index >= 15 is 0 Å². The van der Waals surface area contributed by atoms with E-state index in [0.717, 1.165) is 4.90 Å². The van der Waals surface area contributed by atoms with Gasteiger partial charge in [-0.05, 0) is 6.42 Å². The maximum atomic E-state index is 11.3. The molecule has 0 aromatic heterocycles. The number of primary amides is 1. The first-order valence-electron chi connectivity index (χ1n) is 3.88. The summed E-state index contributed by atoms with van der Waals surface area (Å²) >= 11 is 0. The molecule has 0 aliphatic carbocycles. The maximum Gasteiger partial charge on any atom is 0.312 e. The van der Waals surface area contributed by atoms with Crippen LogP contribution < -0.4 is 11.1 Å². The van der Waals surface area contributed by atoms with Gasteiger partial charge in [-0.2, -0.15) is 0 Å². The van der Waals surface area contributed by atoms with Crippen LogP contribution in [0.2, 0.25) is 0 Å². The Morgan fingerprint density at radius 1 is 1.62 bits per heavy atom. The summed E-state index contributed by atoms with van der Waals surface area (Å²) in [4.78, 5) is 33.8. The average Bonchev–Trinajstić information content (AvgIpc) is 2.06. The highest BCUT2D eigenvalue weighted by Gasteiger charge is 2.32. The number of nitrogens with zero attached hydrogens (tertiary/aromatic N) is 1. The fraction of sp³-hybridized carbons (Fsp3) is 0.571. The highest BCUT2D eigenvalue weighted by atomic mass is 16.2. The van der Waals surface area contributed by atoms with Crippen molar-refractivity contribution in [1.29, 1.82) is 0 Å². The molecule has 6 nitrogen and oxygen atoms in total. The van der Waals surface area contributed by atoms with E-state index in [2.05, 4.69) is 5.32 Å². The van der Waals surface area contributed by atoms with E-state index < -0.39 is 18.0 Å². The Bertz CT molecular complexity index is 264. The van der Waals surface area contributed by atoms with Gasteiger partial charge in [0.1, 0.15) is 6.04 Å². The molecular formula is C7H11N3O3. The third-order valence-corrected chi connectivity index (χ3v) is 1.97. The number of urea groups is 1. The molecule has 1 atom stereocenters. The zero-order valence-electron chi connectivity index (χ0n) is 7.24. The highest BCUT2D eigenvalue weighted by Crippen LogP contribution is 2.10. The van der Waals surface area contributed by atoms with Crippen molar-refractivity contribution in [3.63, 3.8) is 0 Å².